The van der Waals surface area contributed by atoms with Gasteiger partial charge in [-0.2, -0.15) is 0 Å². The molecule has 2 saturated heterocycles. The number of amides is 1. The third-order valence-corrected chi connectivity index (χ3v) is 4.60. The maximum atomic E-state index is 12.6. The largest absolute Gasteiger partial charge is 0.340 e. The van der Waals surface area contributed by atoms with Gasteiger partial charge in [-0.3, -0.25) is 9.69 Å². The molecule has 2 fully saturated rings. The molecule has 0 aromatic carbocycles. The Balaban J connectivity index is 0.00000200. The average Bonchev–Trinajstić information content (AvgIpc) is 2.92. The van der Waals surface area contributed by atoms with E-state index in [2.05, 4.69) is 11.8 Å². The summed E-state index contributed by atoms with van der Waals surface area (Å²) < 4.78 is 0. The van der Waals surface area contributed by atoms with E-state index in [4.69, 9.17) is 5.73 Å². The van der Waals surface area contributed by atoms with Crippen LogP contribution in [0.4, 0.5) is 0 Å². The lowest BCUT2D eigenvalue weighted by Gasteiger charge is -2.40. The van der Waals surface area contributed by atoms with E-state index < -0.39 is 5.54 Å². The van der Waals surface area contributed by atoms with Gasteiger partial charge in [-0.1, -0.05) is 13.3 Å². The van der Waals surface area contributed by atoms with Crippen molar-refractivity contribution in [2.24, 2.45) is 5.73 Å². The number of rotatable bonds is 4. The van der Waals surface area contributed by atoms with E-state index in [0.29, 0.717) is 6.04 Å². The molecule has 2 heterocycles. The summed E-state index contributed by atoms with van der Waals surface area (Å²) in [5.41, 5.74) is 5.52. The number of nitrogens with zero attached hydrogens (tertiary/aromatic N) is 2. The Hall–Kier alpha value is -0.0300. The predicted octanol–water partition coefficient (Wildman–Crippen LogP) is 2.43. The van der Waals surface area contributed by atoms with Gasteiger partial charge < -0.3 is 10.6 Å². The topological polar surface area (TPSA) is 49.6 Å². The van der Waals surface area contributed by atoms with E-state index >= 15 is 0 Å². The first-order chi connectivity index (χ1) is 9.04. The summed E-state index contributed by atoms with van der Waals surface area (Å²) in [7, 11) is 0. The molecule has 1 amide bonds. The lowest BCUT2D eigenvalue weighted by atomic mass is 9.93. The van der Waals surface area contributed by atoms with Crippen molar-refractivity contribution >= 4 is 30.7 Å². The van der Waals surface area contributed by atoms with Crippen LogP contribution in [0.1, 0.15) is 52.4 Å². The average molecular weight is 340 g/mol. The monoisotopic (exact) mass is 339 g/mol. The number of hydrogen-bond acceptors (Lipinski definition) is 3. The molecule has 2 unspecified atom stereocenters. The molecular weight excluding hydrogens is 309 g/mol. The minimum Gasteiger partial charge on any atom is -0.340 e. The Kier molecular flexibility index (Phi) is 9.17. The summed E-state index contributed by atoms with van der Waals surface area (Å²) in [6.45, 7) is 8.16. The van der Waals surface area contributed by atoms with E-state index in [1.807, 2.05) is 11.8 Å². The first kappa shape index (κ1) is 21.0. The van der Waals surface area contributed by atoms with Crippen molar-refractivity contribution in [3.05, 3.63) is 0 Å². The number of halogens is 2. The van der Waals surface area contributed by atoms with Crippen LogP contribution in [-0.2, 0) is 4.79 Å². The van der Waals surface area contributed by atoms with Gasteiger partial charge in [0, 0.05) is 19.1 Å². The molecule has 0 spiro atoms. The SMILES string of the molecule is CCCC(C)(N)C(=O)N1CCCC(N2CCCC2)C1.Cl.Cl. The van der Waals surface area contributed by atoms with E-state index in [0.717, 1.165) is 32.4 Å². The highest BCUT2D eigenvalue weighted by molar-refractivity contribution is 5.86. The summed E-state index contributed by atoms with van der Waals surface area (Å²) >= 11 is 0. The van der Waals surface area contributed by atoms with Crippen LogP contribution in [0.3, 0.4) is 0 Å². The first-order valence-electron chi connectivity index (χ1n) is 7.87. The zero-order valence-corrected chi connectivity index (χ0v) is 15.0. The number of nitrogens with two attached hydrogens (primary N) is 1. The van der Waals surface area contributed by atoms with Crippen LogP contribution in [0.25, 0.3) is 0 Å². The fourth-order valence-electron chi connectivity index (χ4n) is 3.53. The van der Waals surface area contributed by atoms with E-state index in [1.54, 1.807) is 0 Å². The van der Waals surface area contributed by atoms with Crippen molar-refractivity contribution in [3.8, 4) is 0 Å². The van der Waals surface area contributed by atoms with Crippen LogP contribution in [0.5, 0.6) is 0 Å². The Morgan fingerprint density at radius 3 is 2.38 bits per heavy atom. The highest BCUT2D eigenvalue weighted by Crippen LogP contribution is 2.23. The molecule has 0 aromatic rings. The fraction of sp³-hybridized carbons (Fsp3) is 0.933. The molecule has 126 valence electrons. The summed E-state index contributed by atoms with van der Waals surface area (Å²) in [5, 5.41) is 0. The molecule has 0 radical (unpaired) electrons. The molecule has 0 saturated carbocycles. The van der Waals surface area contributed by atoms with Gasteiger partial charge in [0.1, 0.15) is 0 Å². The quantitative estimate of drug-likeness (QED) is 0.855. The second-order valence-corrected chi connectivity index (χ2v) is 6.46. The van der Waals surface area contributed by atoms with Crippen molar-refractivity contribution in [3.63, 3.8) is 0 Å². The molecule has 2 N–H and O–H groups in total. The van der Waals surface area contributed by atoms with Gasteiger partial charge in [0.2, 0.25) is 5.91 Å². The van der Waals surface area contributed by atoms with Gasteiger partial charge in [0.25, 0.3) is 0 Å². The Morgan fingerprint density at radius 2 is 1.81 bits per heavy atom. The van der Waals surface area contributed by atoms with Crippen LogP contribution >= 0.6 is 24.8 Å². The van der Waals surface area contributed by atoms with Crippen LogP contribution < -0.4 is 5.73 Å². The van der Waals surface area contributed by atoms with Crippen LogP contribution in [-0.4, -0.2) is 53.5 Å². The summed E-state index contributed by atoms with van der Waals surface area (Å²) in [6, 6.07) is 0.567. The third-order valence-electron chi connectivity index (χ3n) is 4.60. The molecule has 2 aliphatic heterocycles. The van der Waals surface area contributed by atoms with Gasteiger partial charge in [-0.25, -0.2) is 0 Å². The number of carbonyl (C=O) groups excluding carboxylic acids is 1. The molecule has 2 rings (SSSR count). The van der Waals surface area contributed by atoms with E-state index in [9.17, 15) is 4.79 Å². The normalized spacial score (nSPS) is 25.7. The summed E-state index contributed by atoms with van der Waals surface area (Å²) in [5.74, 6) is 0.151. The maximum absolute atomic E-state index is 12.6. The summed E-state index contributed by atoms with van der Waals surface area (Å²) in [4.78, 5) is 17.1. The molecule has 2 atom stereocenters. The van der Waals surface area contributed by atoms with Gasteiger partial charge in [0.05, 0.1) is 5.54 Å². The van der Waals surface area contributed by atoms with Crippen molar-refractivity contribution in [1.29, 1.82) is 0 Å². The minimum atomic E-state index is -0.679. The van der Waals surface area contributed by atoms with Crippen molar-refractivity contribution in [1.82, 2.24) is 9.80 Å². The van der Waals surface area contributed by atoms with Gasteiger partial charge in [-0.15, -0.1) is 24.8 Å². The van der Waals surface area contributed by atoms with Crippen molar-refractivity contribution < 1.29 is 4.79 Å². The fourth-order valence-corrected chi connectivity index (χ4v) is 3.53. The van der Waals surface area contributed by atoms with Crippen molar-refractivity contribution in [2.75, 3.05) is 26.2 Å². The minimum absolute atomic E-state index is 0. The Labute approximate surface area is 141 Å². The standard InChI is InChI=1S/C15H29N3O.2ClH/c1-3-8-15(2,16)14(19)18-11-6-7-13(12-18)17-9-4-5-10-17;;/h13H,3-12,16H2,1-2H3;2*1H. The van der Waals surface area contributed by atoms with Gasteiger partial charge in [0.15, 0.2) is 0 Å². The van der Waals surface area contributed by atoms with Crippen LogP contribution in [0.15, 0.2) is 0 Å². The van der Waals surface area contributed by atoms with Crippen LogP contribution in [0, 0.1) is 0 Å². The molecule has 4 nitrogen and oxygen atoms in total. The van der Waals surface area contributed by atoms with Gasteiger partial charge in [-0.05, 0) is 52.1 Å². The third kappa shape index (κ3) is 5.27. The number of hydrogen-bond donors (Lipinski definition) is 1. The predicted molar refractivity (Wildman–Crippen MR) is 92.4 cm³/mol. The lowest BCUT2D eigenvalue weighted by molar-refractivity contribution is -0.138. The Bertz CT molecular complexity index is 320. The molecular formula is C15H31Cl2N3O. The maximum Gasteiger partial charge on any atom is 0.242 e. The highest BCUT2D eigenvalue weighted by atomic mass is 35.5. The first-order valence-corrected chi connectivity index (χ1v) is 7.87. The van der Waals surface area contributed by atoms with Gasteiger partial charge >= 0.3 is 0 Å². The number of carbonyl (C=O) groups is 1. The highest BCUT2D eigenvalue weighted by Gasteiger charge is 2.35. The van der Waals surface area contributed by atoms with E-state index in [-0.39, 0.29) is 30.7 Å². The second-order valence-electron chi connectivity index (χ2n) is 6.46. The number of likely N-dealkylation sites (tertiary alicyclic amines) is 2. The lowest BCUT2D eigenvalue weighted by Crippen LogP contribution is -2.58. The van der Waals surface area contributed by atoms with Crippen molar-refractivity contribution in [2.45, 2.75) is 64.0 Å². The molecule has 2 aliphatic rings. The Morgan fingerprint density at radius 1 is 1.19 bits per heavy atom. The molecule has 6 heteroatoms. The molecule has 21 heavy (non-hydrogen) atoms. The smallest absolute Gasteiger partial charge is 0.242 e. The number of piperidine rings is 1. The van der Waals surface area contributed by atoms with Crippen LogP contribution in [0.2, 0.25) is 0 Å². The zero-order valence-electron chi connectivity index (χ0n) is 13.3. The summed E-state index contributed by atoms with van der Waals surface area (Å²) in [6.07, 6.45) is 6.72. The molecule has 0 bridgehead atoms. The zero-order chi connectivity index (χ0) is 13.9. The second kappa shape index (κ2) is 9.19. The molecule has 0 aliphatic carbocycles. The molecule has 0 aromatic heterocycles. The van der Waals surface area contributed by atoms with E-state index in [1.165, 1.54) is 32.4 Å².